The highest BCUT2D eigenvalue weighted by Gasteiger charge is 2.28. The minimum atomic E-state index is -3.58. The first-order valence-electron chi connectivity index (χ1n) is 7.11. The molecule has 24 heavy (non-hydrogen) atoms. The zero-order chi connectivity index (χ0) is 17.9. The Morgan fingerprint density at radius 2 is 1.83 bits per heavy atom. The smallest absolute Gasteiger partial charge is 0.350 e. The molecule has 0 amide bonds. The minimum Gasteiger partial charge on any atom is -0.453 e. The van der Waals surface area contributed by atoms with Crippen LogP contribution in [0.5, 0.6) is 0 Å². The van der Waals surface area contributed by atoms with Crippen molar-refractivity contribution in [1.29, 1.82) is 0 Å². The fourth-order valence-electron chi connectivity index (χ4n) is 1.89. The summed E-state index contributed by atoms with van der Waals surface area (Å²) in [4.78, 5) is 23.9. The number of Topliss-reactive ketones (excluding diaryl/α,β-unsaturated/α-hetero) is 1. The van der Waals surface area contributed by atoms with Gasteiger partial charge in [-0.3, -0.25) is 4.79 Å². The topological polar surface area (TPSA) is 104 Å². The van der Waals surface area contributed by atoms with Gasteiger partial charge in [-0.05, 0) is 13.8 Å². The summed E-state index contributed by atoms with van der Waals surface area (Å²) in [6, 6.07) is 8.41. The second-order valence-electron chi connectivity index (χ2n) is 5.30. The van der Waals surface area contributed by atoms with Gasteiger partial charge in [0.25, 0.3) is 0 Å². The molecule has 0 radical (unpaired) electrons. The standard InChI is InChI=1S/C16H17NO5S2/c1-10(2)24(20,21)13-9-23-15(14(13)17)16(19)22-8-12(18)11-6-4-3-5-7-11/h3-7,9-10H,8,17H2,1-2H3. The zero-order valence-corrected chi connectivity index (χ0v) is 14.8. The molecular formula is C16H17NO5S2. The molecule has 0 aliphatic carbocycles. The monoisotopic (exact) mass is 367 g/mol. The number of rotatable bonds is 6. The van der Waals surface area contributed by atoms with Crippen LogP contribution in [0.2, 0.25) is 0 Å². The second-order valence-corrected chi connectivity index (χ2v) is 8.65. The summed E-state index contributed by atoms with van der Waals surface area (Å²) >= 11 is 0.886. The van der Waals surface area contributed by atoms with Crippen LogP contribution in [0.25, 0.3) is 0 Å². The van der Waals surface area contributed by atoms with E-state index in [2.05, 4.69) is 0 Å². The number of ketones is 1. The van der Waals surface area contributed by atoms with Gasteiger partial charge in [0.2, 0.25) is 0 Å². The lowest BCUT2D eigenvalue weighted by Gasteiger charge is -2.07. The number of thiophene rings is 1. The van der Waals surface area contributed by atoms with Crippen LogP contribution in [-0.4, -0.2) is 32.0 Å². The molecule has 128 valence electrons. The lowest BCUT2D eigenvalue weighted by atomic mass is 10.1. The number of hydrogen-bond acceptors (Lipinski definition) is 7. The van der Waals surface area contributed by atoms with Crippen LogP contribution in [0.15, 0.2) is 40.6 Å². The van der Waals surface area contributed by atoms with Gasteiger partial charge >= 0.3 is 5.97 Å². The third-order valence-electron chi connectivity index (χ3n) is 3.34. The van der Waals surface area contributed by atoms with E-state index >= 15 is 0 Å². The Balaban J connectivity index is 2.12. The maximum absolute atomic E-state index is 12.2. The molecule has 2 aromatic rings. The SMILES string of the molecule is CC(C)S(=O)(=O)c1csc(C(=O)OCC(=O)c2ccccc2)c1N. The molecular weight excluding hydrogens is 350 g/mol. The van der Waals surface area contributed by atoms with E-state index in [0.29, 0.717) is 5.56 Å². The summed E-state index contributed by atoms with van der Waals surface area (Å²) in [6.07, 6.45) is 0. The Kier molecular flexibility index (Phi) is 5.40. The molecule has 2 N–H and O–H groups in total. The number of hydrogen-bond donors (Lipinski definition) is 1. The number of ether oxygens (including phenoxy) is 1. The van der Waals surface area contributed by atoms with E-state index in [1.54, 1.807) is 30.3 Å². The fraction of sp³-hybridized carbons (Fsp3) is 0.250. The molecule has 8 heteroatoms. The van der Waals surface area contributed by atoms with Gasteiger partial charge in [0, 0.05) is 10.9 Å². The summed E-state index contributed by atoms with van der Waals surface area (Å²) in [5.74, 6) is -1.17. The van der Waals surface area contributed by atoms with E-state index in [4.69, 9.17) is 10.5 Å². The first-order valence-corrected chi connectivity index (χ1v) is 9.54. The summed E-state index contributed by atoms with van der Waals surface area (Å²) in [5, 5.41) is 0.665. The number of esters is 1. The lowest BCUT2D eigenvalue weighted by molar-refractivity contribution is 0.0480. The average molecular weight is 367 g/mol. The highest BCUT2D eigenvalue weighted by atomic mass is 32.2. The molecule has 0 saturated carbocycles. The van der Waals surface area contributed by atoms with Crippen molar-refractivity contribution in [3.05, 3.63) is 46.2 Å². The molecule has 1 aromatic heterocycles. The van der Waals surface area contributed by atoms with E-state index in [0.717, 1.165) is 11.3 Å². The number of benzene rings is 1. The zero-order valence-electron chi connectivity index (χ0n) is 13.2. The maximum atomic E-state index is 12.2. The van der Waals surface area contributed by atoms with Crippen molar-refractivity contribution in [2.24, 2.45) is 0 Å². The van der Waals surface area contributed by atoms with Crippen LogP contribution in [0.4, 0.5) is 5.69 Å². The molecule has 0 aliphatic rings. The van der Waals surface area contributed by atoms with Crippen LogP contribution in [0.1, 0.15) is 33.9 Å². The third kappa shape index (κ3) is 3.65. The van der Waals surface area contributed by atoms with Crippen molar-refractivity contribution < 1.29 is 22.7 Å². The van der Waals surface area contributed by atoms with Gasteiger partial charge in [-0.2, -0.15) is 0 Å². The molecule has 2 rings (SSSR count). The molecule has 0 atom stereocenters. The normalized spacial score (nSPS) is 11.5. The van der Waals surface area contributed by atoms with Crippen LogP contribution in [0, 0.1) is 0 Å². The first kappa shape index (κ1) is 18.2. The molecule has 6 nitrogen and oxygen atoms in total. The Morgan fingerprint density at radius 1 is 1.21 bits per heavy atom. The van der Waals surface area contributed by atoms with Gasteiger partial charge in [0.05, 0.1) is 10.9 Å². The van der Waals surface area contributed by atoms with Crippen molar-refractivity contribution in [3.8, 4) is 0 Å². The molecule has 1 heterocycles. The Hall–Kier alpha value is -2.19. The Bertz CT molecular complexity index is 854. The molecule has 0 spiro atoms. The minimum absolute atomic E-state index is 0.0184. The fourth-order valence-corrected chi connectivity index (χ4v) is 4.29. The van der Waals surface area contributed by atoms with E-state index in [1.807, 2.05) is 0 Å². The van der Waals surface area contributed by atoms with Gasteiger partial charge in [0.15, 0.2) is 22.2 Å². The second kappa shape index (κ2) is 7.14. The van der Waals surface area contributed by atoms with Crippen molar-refractivity contribution in [2.45, 2.75) is 24.0 Å². The van der Waals surface area contributed by atoms with Crippen LogP contribution >= 0.6 is 11.3 Å². The molecule has 0 fully saturated rings. The Morgan fingerprint density at radius 3 is 2.42 bits per heavy atom. The number of carbonyl (C=O) groups is 2. The third-order valence-corrected chi connectivity index (χ3v) is 6.65. The van der Waals surface area contributed by atoms with Gasteiger partial charge in [-0.15, -0.1) is 11.3 Å². The number of anilines is 1. The lowest BCUT2D eigenvalue weighted by Crippen LogP contribution is -2.16. The van der Waals surface area contributed by atoms with E-state index in [1.165, 1.54) is 19.2 Å². The highest BCUT2D eigenvalue weighted by Crippen LogP contribution is 2.32. The van der Waals surface area contributed by atoms with E-state index in [9.17, 15) is 18.0 Å². The Labute approximate surface area is 144 Å². The number of nitrogens with two attached hydrogens (primary N) is 1. The summed E-state index contributed by atoms with van der Waals surface area (Å²) in [7, 11) is -3.58. The molecule has 0 unspecified atom stereocenters. The van der Waals surface area contributed by atoms with Crippen LogP contribution in [-0.2, 0) is 14.6 Å². The molecule has 0 saturated heterocycles. The molecule has 1 aromatic carbocycles. The van der Waals surface area contributed by atoms with Crippen molar-refractivity contribution in [3.63, 3.8) is 0 Å². The van der Waals surface area contributed by atoms with E-state index < -0.39 is 27.7 Å². The highest BCUT2D eigenvalue weighted by molar-refractivity contribution is 7.92. The maximum Gasteiger partial charge on any atom is 0.350 e. The number of carbonyl (C=O) groups excluding carboxylic acids is 2. The quantitative estimate of drug-likeness (QED) is 0.621. The van der Waals surface area contributed by atoms with Gasteiger partial charge in [-0.1, -0.05) is 30.3 Å². The average Bonchev–Trinajstić information content (AvgIpc) is 2.95. The van der Waals surface area contributed by atoms with Gasteiger partial charge in [0.1, 0.15) is 9.77 Å². The van der Waals surface area contributed by atoms with Crippen molar-refractivity contribution in [2.75, 3.05) is 12.3 Å². The van der Waals surface area contributed by atoms with Crippen molar-refractivity contribution in [1.82, 2.24) is 0 Å². The largest absolute Gasteiger partial charge is 0.453 e. The van der Waals surface area contributed by atoms with Gasteiger partial charge in [-0.25, -0.2) is 13.2 Å². The van der Waals surface area contributed by atoms with Crippen LogP contribution < -0.4 is 5.73 Å². The summed E-state index contributed by atoms with van der Waals surface area (Å²) in [5.41, 5.74) is 6.08. The molecule has 0 aliphatic heterocycles. The number of sulfone groups is 1. The summed E-state index contributed by atoms with van der Waals surface area (Å²) in [6.45, 7) is 2.62. The molecule has 0 bridgehead atoms. The van der Waals surface area contributed by atoms with Gasteiger partial charge < -0.3 is 10.5 Å². The predicted octanol–water partition coefficient (Wildman–Crippen LogP) is 2.55. The first-order chi connectivity index (χ1) is 11.2. The predicted molar refractivity (Wildman–Crippen MR) is 92.1 cm³/mol. The number of nitrogen functional groups attached to an aromatic ring is 1. The van der Waals surface area contributed by atoms with Crippen LogP contribution in [0.3, 0.4) is 0 Å². The van der Waals surface area contributed by atoms with Crippen molar-refractivity contribution >= 4 is 38.6 Å². The summed E-state index contributed by atoms with van der Waals surface area (Å²) < 4.78 is 29.3. The van der Waals surface area contributed by atoms with E-state index in [-0.39, 0.29) is 21.2 Å².